The van der Waals surface area contributed by atoms with E-state index in [-0.39, 0.29) is 11.9 Å². The summed E-state index contributed by atoms with van der Waals surface area (Å²) in [5, 5.41) is 4.40. The van der Waals surface area contributed by atoms with Crippen LogP contribution in [0.3, 0.4) is 0 Å². The highest BCUT2D eigenvalue weighted by Gasteiger charge is 2.21. The van der Waals surface area contributed by atoms with E-state index in [0.717, 1.165) is 50.9 Å². The Morgan fingerprint density at radius 3 is 2.80 bits per heavy atom. The highest BCUT2D eigenvalue weighted by atomic mass is 19.1. The van der Waals surface area contributed by atoms with E-state index in [4.69, 9.17) is 9.47 Å². The summed E-state index contributed by atoms with van der Waals surface area (Å²) in [4.78, 5) is 6.72. The largest absolute Gasteiger partial charge is 0.494 e. The van der Waals surface area contributed by atoms with Crippen molar-refractivity contribution in [2.45, 2.75) is 32.9 Å². The van der Waals surface area contributed by atoms with Crippen molar-refractivity contribution in [3.05, 3.63) is 41.7 Å². The van der Waals surface area contributed by atoms with Crippen LogP contribution in [0.25, 0.3) is 0 Å². The molecule has 25 heavy (non-hydrogen) atoms. The normalized spacial score (nSPS) is 18.4. The van der Waals surface area contributed by atoms with E-state index in [1.807, 2.05) is 18.5 Å². The van der Waals surface area contributed by atoms with Crippen molar-refractivity contribution >= 4 is 0 Å². The Labute approximate surface area is 147 Å². The zero-order valence-electron chi connectivity index (χ0n) is 14.8. The van der Waals surface area contributed by atoms with Gasteiger partial charge in [0.05, 0.1) is 25.9 Å². The Morgan fingerprint density at radius 2 is 2.08 bits per heavy atom. The van der Waals surface area contributed by atoms with Gasteiger partial charge >= 0.3 is 0 Å². The lowest BCUT2D eigenvalue weighted by Gasteiger charge is -2.32. The van der Waals surface area contributed by atoms with Gasteiger partial charge < -0.3 is 9.47 Å². The van der Waals surface area contributed by atoms with Crippen LogP contribution < -0.4 is 4.74 Å². The number of halogens is 1. The summed E-state index contributed by atoms with van der Waals surface area (Å²) >= 11 is 0. The highest BCUT2D eigenvalue weighted by Crippen LogP contribution is 2.12. The van der Waals surface area contributed by atoms with Crippen molar-refractivity contribution in [2.75, 3.05) is 32.8 Å². The summed E-state index contributed by atoms with van der Waals surface area (Å²) in [6.07, 6.45) is 1.05. The molecule has 3 rings (SSSR count). The van der Waals surface area contributed by atoms with E-state index in [0.29, 0.717) is 12.4 Å². The average Bonchev–Trinajstić information content (AvgIpc) is 2.91. The minimum Gasteiger partial charge on any atom is -0.494 e. The van der Waals surface area contributed by atoms with Gasteiger partial charge in [-0.2, -0.15) is 5.10 Å². The molecule has 0 bridgehead atoms. The number of morpholine rings is 1. The molecular formula is C18H25FN4O2. The Bertz CT molecular complexity index is 674. The van der Waals surface area contributed by atoms with Gasteiger partial charge in [0.1, 0.15) is 23.2 Å². The van der Waals surface area contributed by atoms with E-state index in [1.165, 1.54) is 12.1 Å². The molecule has 0 unspecified atom stereocenters. The molecule has 0 amide bonds. The Morgan fingerprint density at radius 1 is 1.28 bits per heavy atom. The number of aryl methyl sites for hydroxylation is 2. The molecule has 1 aliphatic heterocycles. The SMILES string of the molecule is Cc1nc(C)n(C[C@@H]2CN(CCCOc3ccc(F)cc3)CCO2)n1. The third-order valence-electron chi connectivity index (χ3n) is 4.26. The molecule has 0 aliphatic carbocycles. The molecule has 1 atom stereocenters. The van der Waals surface area contributed by atoms with Crippen LogP contribution in [-0.4, -0.2) is 58.6 Å². The molecule has 2 heterocycles. The second-order valence-electron chi connectivity index (χ2n) is 6.34. The van der Waals surface area contributed by atoms with Crippen LogP contribution in [0.2, 0.25) is 0 Å². The number of hydrogen-bond donors (Lipinski definition) is 0. The second-order valence-corrected chi connectivity index (χ2v) is 6.34. The van der Waals surface area contributed by atoms with E-state index in [1.54, 1.807) is 12.1 Å². The van der Waals surface area contributed by atoms with Crippen molar-refractivity contribution in [2.24, 2.45) is 0 Å². The van der Waals surface area contributed by atoms with Gasteiger partial charge in [0.15, 0.2) is 0 Å². The molecule has 0 radical (unpaired) electrons. The first-order valence-corrected chi connectivity index (χ1v) is 8.70. The van der Waals surface area contributed by atoms with Crippen molar-refractivity contribution in [3.8, 4) is 5.75 Å². The summed E-state index contributed by atoms with van der Waals surface area (Å²) in [6.45, 7) is 8.72. The Hall–Kier alpha value is -1.99. The molecule has 1 fully saturated rings. The maximum Gasteiger partial charge on any atom is 0.147 e. The molecule has 6 nitrogen and oxygen atoms in total. The zero-order valence-corrected chi connectivity index (χ0v) is 14.8. The summed E-state index contributed by atoms with van der Waals surface area (Å²) < 4.78 is 26.3. The maximum absolute atomic E-state index is 12.9. The highest BCUT2D eigenvalue weighted by molar-refractivity contribution is 5.21. The Kier molecular flexibility index (Phi) is 5.99. The lowest BCUT2D eigenvalue weighted by Crippen LogP contribution is -2.45. The van der Waals surface area contributed by atoms with Crippen LogP contribution in [0.4, 0.5) is 4.39 Å². The number of ether oxygens (including phenoxy) is 2. The standard InChI is InChI=1S/C18H25FN4O2/c1-14-20-15(2)23(21-14)13-18-12-22(9-11-25-18)8-3-10-24-17-6-4-16(19)5-7-17/h4-7,18H,3,8-13H2,1-2H3/t18-/m0/s1. The monoisotopic (exact) mass is 348 g/mol. The lowest BCUT2D eigenvalue weighted by atomic mass is 10.2. The molecule has 2 aromatic rings. The van der Waals surface area contributed by atoms with Crippen LogP contribution in [0.1, 0.15) is 18.1 Å². The first-order valence-electron chi connectivity index (χ1n) is 8.70. The second kappa shape index (κ2) is 8.40. The fourth-order valence-corrected chi connectivity index (χ4v) is 3.03. The third-order valence-corrected chi connectivity index (χ3v) is 4.26. The quantitative estimate of drug-likeness (QED) is 0.718. The smallest absolute Gasteiger partial charge is 0.147 e. The number of aromatic nitrogens is 3. The number of nitrogens with zero attached hydrogens (tertiary/aromatic N) is 4. The van der Waals surface area contributed by atoms with Crippen LogP contribution in [-0.2, 0) is 11.3 Å². The fraction of sp³-hybridized carbons (Fsp3) is 0.556. The molecular weight excluding hydrogens is 323 g/mol. The predicted octanol–water partition coefficient (Wildman–Crippen LogP) is 2.20. The first kappa shape index (κ1) is 17.8. The van der Waals surface area contributed by atoms with E-state index >= 15 is 0 Å². The fourth-order valence-electron chi connectivity index (χ4n) is 3.03. The van der Waals surface area contributed by atoms with Gasteiger partial charge in [-0.15, -0.1) is 0 Å². The topological polar surface area (TPSA) is 52.4 Å². The van der Waals surface area contributed by atoms with Crippen molar-refractivity contribution in [3.63, 3.8) is 0 Å². The van der Waals surface area contributed by atoms with Gasteiger partial charge in [-0.3, -0.25) is 4.90 Å². The summed E-state index contributed by atoms with van der Waals surface area (Å²) in [7, 11) is 0. The lowest BCUT2D eigenvalue weighted by molar-refractivity contribution is -0.0387. The van der Waals surface area contributed by atoms with E-state index in [2.05, 4.69) is 15.0 Å². The van der Waals surface area contributed by atoms with Crippen LogP contribution >= 0.6 is 0 Å². The summed E-state index contributed by atoms with van der Waals surface area (Å²) in [5.41, 5.74) is 0. The van der Waals surface area contributed by atoms with Gasteiger partial charge in [-0.1, -0.05) is 0 Å². The number of rotatable bonds is 7. The molecule has 1 aromatic heterocycles. The van der Waals surface area contributed by atoms with Gasteiger partial charge in [-0.25, -0.2) is 14.1 Å². The maximum atomic E-state index is 12.9. The van der Waals surface area contributed by atoms with E-state index < -0.39 is 0 Å². The summed E-state index contributed by atoms with van der Waals surface area (Å²) in [5.74, 6) is 2.18. The molecule has 136 valence electrons. The number of hydrogen-bond acceptors (Lipinski definition) is 5. The first-order chi connectivity index (χ1) is 12.1. The zero-order chi connectivity index (χ0) is 17.6. The van der Waals surface area contributed by atoms with Gasteiger partial charge in [-0.05, 0) is 44.5 Å². The van der Waals surface area contributed by atoms with Crippen LogP contribution in [0, 0.1) is 19.7 Å². The van der Waals surface area contributed by atoms with Crippen molar-refractivity contribution in [1.29, 1.82) is 0 Å². The predicted molar refractivity (Wildman–Crippen MR) is 92.2 cm³/mol. The van der Waals surface area contributed by atoms with Gasteiger partial charge in [0, 0.05) is 19.6 Å². The third kappa shape index (κ3) is 5.24. The van der Waals surface area contributed by atoms with Gasteiger partial charge in [0.25, 0.3) is 0 Å². The Balaban J connectivity index is 1.39. The molecule has 1 aliphatic rings. The molecule has 1 saturated heterocycles. The minimum absolute atomic E-state index is 0.131. The van der Waals surface area contributed by atoms with Crippen LogP contribution in [0.15, 0.2) is 24.3 Å². The van der Waals surface area contributed by atoms with Gasteiger partial charge in [0.2, 0.25) is 0 Å². The van der Waals surface area contributed by atoms with Crippen molar-refractivity contribution < 1.29 is 13.9 Å². The molecule has 0 spiro atoms. The molecule has 0 N–H and O–H groups in total. The average molecular weight is 348 g/mol. The molecule has 1 aromatic carbocycles. The molecule has 0 saturated carbocycles. The molecule has 7 heteroatoms. The summed E-state index contributed by atoms with van der Waals surface area (Å²) in [6, 6.07) is 6.14. The number of benzene rings is 1. The minimum atomic E-state index is -0.246. The van der Waals surface area contributed by atoms with Crippen molar-refractivity contribution in [1.82, 2.24) is 19.7 Å². The van der Waals surface area contributed by atoms with E-state index in [9.17, 15) is 4.39 Å². The van der Waals surface area contributed by atoms with Crippen LogP contribution in [0.5, 0.6) is 5.75 Å².